The van der Waals surface area contributed by atoms with Crippen molar-refractivity contribution in [3.8, 4) is 6.07 Å². The third kappa shape index (κ3) is 4.53. The summed E-state index contributed by atoms with van der Waals surface area (Å²) in [6.07, 6.45) is 2.28. The lowest BCUT2D eigenvalue weighted by Crippen LogP contribution is -2.43. The Labute approximate surface area is 137 Å². The van der Waals surface area contributed by atoms with Crippen LogP contribution in [0.4, 0.5) is 0 Å². The second kappa shape index (κ2) is 7.11. The second-order valence-electron chi connectivity index (χ2n) is 5.90. The minimum absolute atomic E-state index is 0.0463. The molecular formula is C16H21N3O3S. The van der Waals surface area contributed by atoms with E-state index in [-0.39, 0.29) is 17.9 Å². The molecule has 1 aromatic carbocycles. The number of hydrogen-bond acceptors (Lipinski definition) is 4. The summed E-state index contributed by atoms with van der Waals surface area (Å²) in [5, 5.41) is 11.8. The maximum absolute atomic E-state index is 12.3. The molecule has 0 aromatic heterocycles. The molecular weight excluding hydrogens is 314 g/mol. The lowest BCUT2D eigenvalue weighted by atomic mass is 9.96. The van der Waals surface area contributed by atoms with E-state index in [2.05, 4.69) is 11.4 Å². The highest BCUT2D eigenvalue weighted by atomic mass is 32.2. The molecule has 2 rings (SSSR count). The molecule has 1 heterocycles. The number of piperidine rings is 1. The molecule has 124 valence electrons. The molecule has 7 heteroatoms. The number of nitrogens with zero attached hydrogens (tertiary/aromatic N) is 2. The highest BCUT2D eigenvalue weighted by Gasteiger charge is 2.29. The number of benzene rings is 1. The van der Waals surface area contributed by atoms with Crippen molar-refractivity contribution in [3.05, 3.63) is 35.4 Å². The normalized spacial score (nSPS) is 18.1. The predicted molar refractivity (Wildman–Crippen MR) is 86.9 cm³/mol. The van der Waals surface area contributed by atoms with Crippen molar-refractivity contribution in [1.29, 1.82) is 5.26 Å². The Morgan fingerprint density at radius 2 is 1.87 bits per heavy atom. The van der Waals surface area contributed by atoms with Gasteiger partial charge in [-0.25, -0.2) is 12.7 Å². The van der Waals surface area contributed by atoms with Gasteiger partial charge in [0.2, 0.25) is 15.9 Å². The average Bonchev–Trinajstić information content (AvgIpc) is 2.54. The van der Waals surface area contributed by atoms with Crippen LogP contribution in [0, 0.1) is 17.2 Å². The van der Waals surface area contributed by atoms with Gasteiger partial charge in [-0.2, -0.15) is 5.26 Å². The number of nitrogens with one attached hydrogen (secondary N) is 1. The van der Waals surface area contributed by atoms with E-state index >= 15 is 0 Å². The molecule has 0 bridgehead atoms. The first-order valence-electron chi connectivity index (χ1n) is 7.57. The van der Waals surface area contributed by atoms with E-state index < -0.39 is 10.0 Å². The maximum atomic E-state index is 12.3. The van der Waals surface area contributed by atoms with Gasteiger partial charge in [-0.3, -0.25) is 4.79 Å². The number of amides is 1. The summed E-state index contributed by atoms with van der Waals surface area (Å²) >= 11 is 0. The van der Waals surface area contributed by atoms with Gasteiger partial charge in [-0.1, -0.05) is 12.1 Å². The highest BCUT2D eigenvalue weighted by Crippen LogP contribution is 2.21. The summed E-state index contributed by atoms with van der Waals surface area (Å²) in [7, 11) is -3.17. The van der Waals surface area contributed by atoms with Crippen LogP contribution in [0.25, 0.3) is 0 Å². The minimum atomic E-state index is -3.17. The van der Waals surface area contributed by atoms with Gasteiger partial charge in [-0.15, -0.1) is 0 Å². The van der Waals surface area contributed by atoms with Gasteiger partial charge < -0.3 is 5.32 Å². The third-order valence-corrected chi connectivity index (χ3v) is 5.50. The maximum Gasteiger partial charge on any atom is 0.223 e. The average molecular weight is 335 g/mol. The van der Waals surface area contributed by atoms with E-state index in [1.165, 1.54) is 10.6 Å². The number of carbonyl (C=O) groups is 1. The molecule has 1 aliphatic rings. The van der Waals surface area contributed by atoms with Gasteiger partial charge in [0.15, 0.2) is 0 Å². The first-order valence-corrected chi connectivity index (χ1v) is 9.41. The zero-order valence-electron chi connectivity index (χ0n) is 13.3. The van der Waals surface area contributed by atoms with Crippen LogP contribution in [0.5, 0.6) is 0 Å². The zero-order valence-corrected chi connectivity index (χ0v) is 14.1. The summed E-state index contributed by atoms with van der Waals surface area (Å²) in [5.41, 5.74) is 1.52. The lowest BCUT2D eigenvalue weighted by Gasteiger charge is -2.30. The van der Waals surface area contributed by atoms with Gasteiger partial charge in [0.25, 0.3) is 0 Å². The Balaban J connectivity index is 1.90. The molecule has 0 radical (unpaired) electrons. The number of sulfonamides is 1. The fourth-order valence-corrected chi connectivity index (χ4v) is 3.58. The fraction of sp³-hybridized carbons (Fsp3) is 0.500. The smallest absolute Gasteiger partial charge is 0.223 e. The number of carbonyl (C=O) groups excluding carboxylic acids is 1. The van der Waals surface area contributed by atoms with Gasteiger partial charge >= 0.3 is 0 Å². The third-order valence-electron chi connectivity index (χ3n) is 4.19. The Hall–Kier alpha value is -1.91. The molecule has 0 aliphatic carbocycles. The Morgan fingerprint density at radius 1 is 1.30 bits per heavy atom. The molecule has 1 fully saturated rings. The van der Waals surface area contributed by atoms with Crippen molar-refractivity contribution in [2.24, 2.45) is 5.92 Å². The van der Waals surface area contributed by atoms with Crippen molar-refractivity contribution in [3.63, 3.8) is 0 Å². The van der Waals surface area contributed by atoms with Gasteiger partial charge in [-0.05, 0) is 37.5 Å². The molecule has 0 spiro atoms. The molecule has 23 heavy (non-hydrogen) atoms. The van der Waals surface area contributed by atoms with Crippen molar-refractivity contribution >= 4 is 15.9 Å². The standard InChI is InChI=1S/C16H21N3O3S/c1-12(14-5-3-13(11-17)4-6-14)18-16(20)15-7-9-19(10-8-15)23(2,21)22/h3-6,12,15H,7-10H2,1-2H3,(H,18,20)/t12-/m1/s1. The van der Waals surface area contributed by atoms with Gasteiger partial charge in [0, 0.05) is 19.0 Å². The Morgan fingerprint density at radius 3 is 2.35 bits per heavy atom. The van der Waals surface area contributed by atoms with Crippen LogP contribution in [0.15, 0.2) is 24.3 Å². The zero-order chi connectivity index (χ0) is 17.0. The minimum Gasteiger partial charge on any atom is -0.349 e. The van der Waals surface area contributed by atoms with Crippen LogP contribution in [-0.2, 0) is 14.8 Å². The number of nitriles is 1. The Bertz CT molecular complexity index is 699. The number of hydrogen-bond donors (Lipinski definition) is 1. The van der Waals surface area contributed by atoms with Gasteiger partial charge in [0.1, 0.15) is 0 Å². The quantitative estimate of drug-likeness (QED) is 0.900. The molecule has 6 nitrogen and oxygen atoms in total. The second-order valence-corrected chi connectivity index (χ2v) is 7.88. The van der Waals surface area contributed by atoms with E-state index in [9.17, 15) is 13.2 Å². The molecule has 1 aromatic rings. The fourth-order valence-electron chi connectivity index (χ4n) is 2.71. The summed E-state index contributed by atoms with van der Waals surface area (Å²) in [6.45, 7) is 2.68. The van der Waals surface area contributed by atoms with E-state index in [1.807, 2.05) is 19.1 Å². The Kier molecular flexibility index (Phi) is 5.39. The molecule has 0 saturated carbocycles. The summed E-state index contributed by atoms with van der Waals surface area (Å²) in [6, 6.07) is 9.02. The van der Waals surface area contributed by atoms with E-state index in [1.54, 1.807) is 12.1 Å². The van der Waals surface area contributed by atoms with Crippen molar-refractivity contribution in [2.45, 2.75) is 25.8 Å². The SMILES string of the molecule is C[C@@H](NC(=O)C1CCN(S(C)(=O)=O)CC1)c1ccc(C#N)cc1. The van der Waals surface area contributed by atoms with Gasteiger partial charge in [0.05, 0.1) is 23.9 Å². The van der Waals surface area contributed by atoms with Crippen LogP contribution in [-0.4, -0.2) is 38.0 Å². The predicted octanol–water partition coefficient (Wildman–Crippen LogP) is 1.41. The summed E-state index contributed by atoms with van der Waals surface area (Å²) in [5.74, 6) is -0.205. The number of rotatable bonds is 4. The van der Waals surface area contributed by atoms with Crippen LogP contribution < -0.4 is 5.32 Å². The summed E-state index contributed by atoms with van der Waals surface area (Å²) < 4.78 is 24.4. The van der Waals surface area contributed by atoms with Crippen molar-refractivity contribution in [1.82, 2.24) is 9.62 Å². The lowest BCUT2D eigenvalue weighted by molar-refractivity contribution is -0.126. The van der Waals surface area contributed by atoms with Crippen LogP contribution >= 0.6 is 0 Å². The van der Waals surface area contributed by atoms with E-state index in [4.69, 9.17) is 5.26 Å². The molecule has 1 N–H and O–H groups in total. The monoisotopic (exact) mass is 335 g/mol. The molecule has 1 aliphatic heterocycles. The first-order chi connectivity index (χ1) is 10.8. The van der Waals surface area contributed by atoms with E-state index in [0.717, 1.165) is 5.56 Å². The van der Waals surface area contributed by atoms with Crippen molar-refractivity contribution in [2.75, 3.05) is 19.3 Å². The highest BCUT2D eigenvalue weighted by molar-refractivity contribution is 7.88. The first kappa shape index (κ1) is 17.4. The van der Waals surface area contributed by atoms with Crippen molar-refractivity contribution < 1.29 is 13.2 Å². The topological polar surface area (TPSA) is 90.3 Å². The van der Waals surface area contributed by atoms with Crippen LogP contribution in [0.1, 0.15) is 36.9 Å². The van der Waals surface area contributed by atoms with Crippen LogP contribution in [0.2, 0.25) is 0 Å². The summed E-state index contributed by atoms with van der Waals surface area (Å²) in [4.78, 5) is 12.3. The van der Waals surface area contributed by atoms with E-state index in [0.29, 0.717) is 31.5 Å². The largest absolute Gasteiger partial charge is 0.349 e. The molecule has 1 amide bonds. The molecule has 0 unspecified atom stereocenters. The molecule has 1 atom stereocenters. The molecule has 1 saturated heterocycles. The van der Waals surface area contributed by atoms with Crippen LogP contribution in [0.3, 0.4) is 0 Å².